The number of carbonyl (C=O) groups excluding carboxylic acids is 1. The van der Waals surface area contributed by atoms with Crippen molar-refractivity contribution >= 4 is 34.6 Å². The monoisotopic (exact) mass is 412 g/mol. The molecule has 2 N–H and O–H groups in total. The van der Waals surface area contributed by atoms with Gasteiger partial charge in [-0.2, -0.15) is 0 Å². The summed E-state index contributed by atoms with van der Waals surface area (Å²) in [5.41, 5.74) is 2.35. The Morgan fingerprint density at radius 3 is 2.52 bits per heavy atom. The van der Waals surface area contributed by atoms with Crippen molar-refractivity contribution in [3.05, 3.63) is 75.5 Å². The van der Waals surface area contributed by atoms with E-state index in [1.54, 1.807) is 42.3 Å². The quantitative estimate of drug-likeness (QED) is 0.441. The Hall–Kier alpha value is -3.46. The summed E-state index contributed by atoms with van der Waals surface area (Å²) >= 11 is 5.38. The lowest BCUT2D eigenvalue weighted by atomic mass is 9.94. The highest BCUT2D eigenvalue weighted by molar-refractivity contribution is 7.80. The molecule has 0 radical (unpaired) electrons. The van der Waals surface area contributed by atoms with Crippen LogP contribution < -0.4 is 15.4 Å². The zero-order valence-corrected chi connectivity index (χ0v) is 16.9. The van der Waals surface area contributed by atoms with Gasteiger partial charge in [-0.1, -0.05) is 12.1 Å². The number of para-hydroxylation sites is 2. The van der Waals surface area contributed by atoms with Crippen molar-refractivity contribution in [2.24, 2.45) is 0 Å². The molecule has 1 heterocycles. The zero-order chi connectivity index (χ0) is 21.1. The number of anilines is 1. The Labute approximate surface area is 173 Å². The lowest BCUT2D eigenvalue weighted by Gasteiger charge is -2.35. The molecule has 2 aromatic rings. The van der Waals surface area contributed by atoms with Crippen LogP contribution >= 0.6 is 12.2 Å². The van der Waals surface area contributed by atoms with Crippen molar-refractivity contribution in [1.82, 2.24) is 10.2 Å². The number of hydrogen-bond donors (Lipinski definition) is 2. The van der Waals surface area contributed by atoms with E-state index in [1.165, 1.54) is 19.2 Å². The van der Waals surface area contributed by atoms with Crippen LogP contribution in [0.4, 0.5) is 11.4 Å². The number of benzene rings is 2. The van der Waals surface area contributed by atoms with Crippen molar-refractivity contribution in [2.45, 2.75) is 13.0 Å². The summed E-state index contributed by atoms with van der Waals surface area (Å²) in [6, 6.07) is 12.6. The third kappa shape index (κ3) is 4.04. The van der Waals surface area contributed by atoms with Gasteiger partial charge in [0.25, 0.3) is 11.6 Å². The molecule has 0 saturated carbocycles. The maximum atomic E-state index is 13.2. The third-order valence-corrected chi connectivity index (χ3v) is 5.18. The first kappa shape index (κ1) is 20.3. The molecule has 150 valence electrons. The van der Waals surface area contributed by atoms with Gasteiger partial charge in [0.2, 0.25) is 0 Å². The second-order valence-electron chi connectivity index (χ2n) is 6.44. The van der Waals surface area contributed by atoms with E-state index in [0.29, 0.717) is 33.4 Å². The lowest BCUT2D eigenvalue weighted by molar-refractivity contribution is -0.384. The molecule has 8 nitrogen and oxygen atoms in total. The SMILES string of the molecule is COc1ccccc1NC(=O)C1=C(C)N(C)C(=S)N[C@@H]1c1ccc([N+](=O)[O-])cc1. The highest BCUT2D eigenvalue weighted by Crippen LogP contribution is 2.32. The first-order valence-corrected chi connectivity index (χ1v) is 9.18. The summed E-state index contributed by atoms with van der Waals surface area (Å²) in [5.74, 6) is 0.218. The van der Waals surface area contributed by atoms with Gasteiger partial charge in [0.05, 0.1) is 29.3 Å². The first-order chi connectivity index (χ1) is 13.8. The molecule has 2 aromatic carbocycles. The molecule has 1 aliphatic heterocycles. The number of carbonyl (C=O) groups is 1. The molecule has 0 aromatic heterocycles. The van der Waals surface area contributed by atoms with E-state index in [1.807, 2.05) is 13.0 Å². The standard InChI is InChI=1S/C20H20N4O4S/c1-12-17(19(25)21-15-6-4-5-7-16(15)28-3)18(22-20(29)23(12)2)13-8-10-14(11-9-13)24(26)27/h4-11,18H,1-3H3,(H,21,25)(H,22,29)/t18-/m1/s1. The third-order valence-electron chi connectivity index (χ3n) is 4.79. The molecular formula is C20H20N4O4S. The molecular weight excluding hydrogens is 392 g/mol. The fraction of sp³-hybridized carbons (Fsp3) is 0.200. The summed E-state index contributed by atoms with van der Waals surface area (Å²) < 4.78 is 5.30. The minimum absolute atomic E-state index is 0.0232. The normalized spacial score (nSPS) is 16.3. The molecule has 0 bridgehead atoms. The molecule has 0 unspecified atom stereocenters. The fourth-order valence-corrected chi connectivity index (χ4v) is 3.36. The van der Waals surface area contributed by atoms with E-state index < -0.39 is 11.0 Å². The molecule has 1 amide bonds. The Morgan fingerprint density at radius 2 is 1.90 bits per heavy atom. The maximum absolute atomic E-state index is 13.2. The van der Waals surface area contributed by atoms with Gasteiger partial charge in [-0.3, -0.25) is 14.9 Å². The van der Waals surface area contributed by atoms with Crippen LogP contribution in [-0.4, -0.2) is 35.0 Å². The highest BCUT2D eigenvalue weighted by Gasteiger charge is 2.33. The van der Waals surface area contributed by atoms with Gasteiger partial charge >= 0.3 is 0 Å². The summed E-state index contributed by atoms with van der Waals surface area (Å²) in [4.78, 5) is 25.4. The zero-order valence-electron chi connectivity index (χ0n) is 16.1. The van der Waals surface area contributed by atoms with Crippen LogP contribution in [0, 0.1) is 10.1 Å². The van der Waals surface area contributed by atoms with E-state index >= 15 is 0 Å². The van der Waals surface area contributed by atoms with Crippen molar-refractivity contribution in [1.29, 1.82) is 0 Å². The smallest absolute Gasteiger partial charge is 0.269 e. The minimum atomic E-state index is -0.547. The molecule has 3 rings (SSSR count). The summed E-state index contributed by atoms with van der Waals surface area (Å²) in [5, 5.41) is 17.4. The second kappa shape index (κ2) is 8.27. The summed E-state index contributed by atoms with van der Waals surface area (Å²) in [6.45, 7) is 1.81. The molecule has 29 heavy (non-hydrogen) atoms. The number of nitrogens with zero attached hydrogens (tertiary/aromatic N) is 2. The van der Waals surface area contributed by atoms with Crippen molar-refractivity contribution in [3.63, 3.8) is 0 Å². The number of allylic oxidation sites excluding steroid dienone is 1. The van der Waals surface area contributed by atoms with Crippen LogP contribution in [0.2, 0.25) is 0 Å². The maximum Gasteiger partial charge on any atom is 0.269 e. The van der Waals surface area contributed by atoms with Crippen LogP contribution in [0.1, 0.15) is 18.5 Å². The molecule has 0 aliphatic carbocycles. The summed E-state index contributed by atoms with van der Waals surface area (Å²) in [7, 11) is 3.30. The van der Waals surface area contributed by atoms with E-state index in [0.717, 1.165) is 0 Å². The molecule has 9 heteroatoms. The van der Waals surface area contributed by atoms with Crippen LogP contribution in [0.3, 0.4) is 0 Å². The molecule has 1 atom stereocenters. The average molecular weight is 412 g/mol. The lowest BCUT2D eigenvalue weighted by Crippen LogP contribution is -2.46. The van der Waals surface area contributed by atoms with Gasteiger partial charge in [-0.05, 0) is 49.0 Å². The van der Waals surface area contributed by atoms with Gasteiger partial charge in [0.15, 0.2) is 5.11 Å². The van der Waals surface area contributed by atoms with E-state index in [-0.39, 0.29) is 11.6 Å². The van der Waals surface area contributed by atoms with Crippen LogP contribution in [-0.2, 0) is 4.79 Å². The number of ether oxygens (including phenoxy) is 1. The van der Waals surface area contributed by atoms with Gasteiger partial charge in [-0.15, -0.1) is 0 Å². The van der Waals surface area contributed by atoms with Crippen molar-refractivity contribution in [2.75, 3.05) is 19.5 Å². The Balaban J connectivity index is 2.00. The Kier molecular flexibility index (Phi) is 5.79. The van der Waals surface area contributed by atoms with Crippen molar-refractivity contribution < 1.29 is 14.5 Å². The van der Waals surface area contributed by atoms with Crippen LogP contribution in [0.5, 0.6) is 5.75 Å². The number of thiocarbonyl (C=S) groups is 1. The van der Waals surface area contributed by atoms with Gasteiger partial charge in [0.1, 0.15) is 5.75 Å². The number of amides is 1. The van der Waals surface area contributed by atoms with Crippen molar-refractivity contribution in [3.8, 4) is 5.75 Å². The minimum Gasteiger partial charge on any atom is -0.495 e. The number of nitro groups is 1. The van der Waals surface area contributed by atoms with Gasteiger partial charge < -0.3 is 20.3 Å². The molecule has 0 saturated heterocycles. The van der Waals surface area contributed by atoms with Crippen LogP contribution in [0.25, 0.3) is 0 Å². The fourth-order valence-electron chi connectivity index (χ4n) is 3.11. The number of hydrogen-bond acceptors (Lipinski definition) is 5. The molecule has 1 aliphatic rings. The number of nitro benzene ring substituents is 1. The number of non-ortho nitro benzene ring substituents is 1. The Morgan fingerprint density at radius 1 is 1.24 bits per heavy atom. The predicted octanol–water partition coefficient (Wildman–Crippen LogP) is 3.38. The molecule has 0 fully saturated rings. The molecule has 0 spiro atoms. The predicted molar refractivity (Wildman–Crippen MR) is 114 cm³/mol. The first-order valence-electron chi connectivity index (χ1n) is 8.77. The van der Waals surface area contributed by atoms with Gasteiger partial charge in [-0.25, -0.2) is 0 Å². The van der Waals surface area contributed by atoms with E-state index in [4.69, 9.17) is 17.0 Å². The Bertz CT molecular complexity index is 1000. The number of nitrogens with one attached hydrogen (secondary N) is 2. The highest BCUT2D eigenvalue weighted by atomic mass is 32.1. The second-order valence-corrected chi connectivity index (χ2v) is 6.83. The summed E-state index contributed by atoms with van der Waals surface area (Å²) in [6.07, 6.45) is 0. The largest absolute Gasteiger partial charge is 0.495 e. The topological polar surface area (TPSA) is 96.7 Å². The van der Waals surface area contributed by atoms with E-state index in [2.05, 4.69) is 10.6 Å². The van der Waals surface area contributed by atoms with Gasteiger partial charge in [0, 0.05) is 24.9 Å². The van der Waals surface area contributed by atoms with Crippen LogP contribution in [0.15, 0.2) is 59.8 Å². The number of rotatable bonds is 5. The van der Waals surface area contributed by atoms with E-state index in [9.17, 15) is 14.9 Å². The number of methoxy groups -OCH3 is 1. The average Bonchev–Trinajstić information content (AvgIpc) is 2.72.